The average molecular weight is 278 g/mol. The fraction of sp³-hybridized carbons (Fsp3) is 0.417. The van der Waals surface area contributed by atoms with E-state index in [-0.39, 0.29) is 17.0 Å². The first-order valence-electron chi connectivity index (χ1n) is 6.38. The third-order valence-electron chi connectivity index (χ3n) is 2.97. The number of rotatable bonds is 6. The summed E-state index contributed by atoms with van der Waals surface area (Å²) in [6.07, 6.45) is 0. The summed E-state index contributed by atoms with van der Waals surface area (Å²) >= 11 is 0. The van der Waals surface area contributed by atoms with Crippen LogP contribution >= 0.6 is 0 Å². The van der Waals surface area contributed by atoms with E-state index in [9.17, 15) is 10.4 Å². The zero-order valence-corrected chi connectivity index (χ0v) is 11.3. The Labute approximate surface area is 116 Å². The Morgan fingerprint density at radius 3 is 2.65 bits per heavy atom. The first-order valence-corrected chi connectivity index (χ1v) is 6.38. The molecule has 2 aromatic rings. The molecule has 0 aliphatic carbocycles. The van der Waals surface area contributed by atoms with Crippen molar-refractivity contribution in [3.63, 3.8) is 0 Å². The number of nitrogens with one attached hydrogen (secondary N) is 1. The van der Waals surface area contributed by atoms with Crippen LogP contribution in [-0.4, -0.2) is 43.2 Å². The maximum atomic E-state index is 12.1. The molecule has 1 aromatic heterocycles. The van der Waals surface area contributed by atoms with Gasteiger partial charge < -0.3 is 21.0 Å². The smallest absolute Gasteiger partial charge is 0.461 e. The Hall–Kier alpha value is -2.19. The van der Waals surface area contributed by atoms with Crippen LogP contribution in [-0.2, 0) is 0 Å². The molecule has 0 fully saturated rings. The van der Waals surface area contributed by atoms with Gasteiger partial charge in [0.1, 0.15) is 0 Å². The average Bonchev–Trinajstić information content (AvgIpc) is 2.44. The minimum absolute atomic E-state index is 0.000140. The number of likely N-dealkylation sites (N-methyl/N-ethyl adjacent to an activating group) is 1. The van der Waals surface area contributed by atoms with Crippen LogP contribution in [0.1, 0.15) is 0 Å². The van der Waals surface area contributed by atoms with Gasteiger partial charge in [0, 0.05) is 30.5 Å². The van der Waals surface area contributed by atoms with E-state index in [1.54, 1.807) is 24.3 Å². The van der Waals surface area contributed by atoms with Crippen molar-refractivity contribution in [3.8, 4) is 0 Å². The second-order valence-electron chi connectivity index (χ2n) is 4.50. The van der Waals surface area contributed by atoms with Gasteiger partial charge in [-0.25, -0.2) is 4.73 Å². The molecule has 0 unspecified atom stereocenters. The van der Waals surface area contributed by atoms with Gasteiger partial charge in [0.15, 0.2) is 5.52 Å². The van der Waals surface area contributed by atoms with Crippen LogP contribution in [0.15, 0.2) is 24.3 Å². The summed E-state index contributed by atoms with van der Waals surface area (Å²) < 4.78 is 0.632. The fourth-order valence-electron chi connectivity index (χ4n) is 1.89. The van der Waals surface area contributed by atoms with Gasteiger partial charge in [0.2, 0.25) is 5.10 Å². The highest BCUT2D eigenvalue weighted by Gasteiger charge is 2.19. The molecule has 20 heavy (non-hydrogen) atoms. The van der Waals surface area contributed by atoms with E-state index in [2.05, 4.69) is 10.4 Å². The number of hydrogen-bond acceptors (Lipinski definition) is 6. The maximum Gasteiger partial charge on any atom is 0.461 e. The predicted octanol–water partition coefficient (Wildman–Crippen LogP) is -1.20. The summed E-state index contributed by atoms with van der Waals surface area (Å²) in [6.45, 7) is 2.55. The van der Waals surface area contributed by atoms with Crippen molar-refractivity contribution in [3.05, 3.63) is 34.7 Å². The largest absolute Gasteiger partial charge is 0.739 e. The summed E-state index contributed by atoms with van der Waals surface area (Å²) in [5.41, 5.74) is 5.98. The van der Waals surface area contributed by atoms with Gasteiger partial charge in [-0.05, 0) is 13.1 Å². The summed E-state index contributed by atoms with van der Waals surface area (Å²) in [6, 6.07) is 6.54. The Kier molecular flexibility index (Phi) is 4.49. The number of fused-ring (bicyclic) bond motifs is 1. The highest BCUT2D eigenvalue weighted by atomic mass is 16.5. The van der Waals surface area contributed by atoms with Crippen molar-refractivity contribution in [1.29, 1.82) is 0 Å². The summed E-state index contributed by atoms with van der Waals surface area (Å²) in [4.78, 5) is 2.48. The number of nitrogens with two attached hydrogens (primary N) is 1. The molecule has 108 valence electrons. The van der Waals surface area contributed by atoms with Crippen molar-refractivity contribution in [2.75, 3.05) is 38.5 Å². The lowest BCUT2D eigenvalue weighted by molar-refractivity contribution is -0.672. The van der Waals surface area contributed by atoms with Gasteiger partial charge in [-0.2, -0.15) is 0 Å². The molecule has 0 aliphatic heterocycles. The Morgan fingerprint density at radius 1 is 1.25 bits per heavy atom. The molecule has 0 spiro atoms. The Bertz CT molecular complexity index is 591. The zero-order valence-electron chi connectivity index (χ0n) is 11.3. The van der Waals surface area contributed by atoms with Gasteiger partial charge >= 0.3 is 5.95 Å². The van der Waals surface area contributed by atoms with Gasteiger partial charge in [-0.3, -0.25) is 5.32 Å². The first kappa shape index (κ1) is 14.2. The van der Waals surface area contributed by atoms with E-state index in [0.29, 0.717) is 29.2 Å². The molecule has 0 aliphatic rings. The topological polar surface area (TPSA) is 108 Å². The minimum atomic E-state index is -0.000140. The van der Waals surface area contributed by atoms with Gasteiger partial charge in [0.25, 0.3) is 5.52 Å². The summed E-state index contributed by atoms with van der Waals surface area (Å²) in [5.74, 6) is -0.000140. The summed E-state index contributed by atoms with van der Waals surface area (Å²) in [7, 11) is 1.93. The molecule has 1 aromatic carbocycles. The van der Waals surface area contributed by atoms with Crippen LogP contribution < -0.4 is 20.6 Å². The van der Waals surface area contributed by atoms with E-state index in [4.69, 9.17) is 5.73 Å². The maximum absolute atomic E-state index is 12.1. The van der Waals surface area contributed by atoms with E-state index in [1.165, 1.54) is 0 Å². The predicted molar refractivity (Wildman–Crippen MR) is 74.7 cm³/mol. The number of nitrogens with zero attached hydrogens (tertiary/aromatic N) is 4. The third kappa shape index (κ3) is 3.03. The molecule has 8 nitrogen and oxygen atoms in total. The van der Waals surface area contributed by atoms with Crippen molar-refractivity contribution in [2.24, 2.45) is 5.73 Å². The van der Waals surface area contributed by atoms with Crippen LogP contribution in [0.2, 0.25) is 0 Å². The van der Waals surface area contributed by atoms with Gasteiger partial charge in [-0.1, -0.05) is 12.1 Å². The number of para-hydroxylation sites is 2. The van der Waals surface area contributed by atoms with Crippen molar-refractivity contribution in [2.45, 2.75) is 0 Å². The third-order valence-corrected chi connectivity index (χ3v) is 2.97. The molecule has 0 bridgehead atoms. The molecule has 1 heterocycles. The van der Waals surface area contributed by atoms with E-state index < -0.39 is 0 Å². The monoisotopic (exact) mass is 278 g/mol. The molecule has 0 saturated carbocycles. The molecular formula is C12H18N6O2. The molecular weight excluding hydrogens is 260 g/mol. The van der Waals surface area contributed by atoms with E-state index in [1.807, 2.05) is 11.9 Å². The SMILES string of the molecule is CN(CCN)CCNc1n[n+]([O-])c2ccccc2[n+]1[O-]. The lowest BCUT2D eigenvalue weighted by atomic mass is 10.3. The van der Waals surface area contributed by atoms with Crippen LogP contribution in [0.4, 0.5) is 5.95 Å². The fourth-order valence-corrected chi connectivity index (χ4v) is 1.89. The standard InChI is InChI=1S/C12H18N6O2/c1-16(8-6-13)9-7-14-12-15-18(20)11-5-3-2-4-10(11)17(12)19/h2-5H,6-9,13H2,1H3,(H,14,15). The lowest BCUT2D eigenvalue weighted by Crippen LogP contribution is -2.44. The van der Waals surface area contributed by atoms with Crippen molar-refractivity contribution in [1.82, 2.24) is 10.00 Å². The van der Waals surface area contributed by atoms with Crippen LogP contribution in [0.25, 0.3) is 11.0 Å². The Balaban J connectivity index is 2.13. The van der Waals surface area contributed by atoms with Crippen molar-refractivity contribution < 1.29 is 9.58 Å². The van der Waals surface area contributed by atoms with Crippen molar-refractivity contribution >= 4 is 17.0 Å². The number of benzene rings is 1. The molecule has 8 heteroatoms. The van der Waals surface area contributed by atoms with E-state index in [0.717, 1.165) is 6.54 Å². The second-order valence-corrected chi connectivity index (χ2v) is 4.50. The van der Waals surface area contributed by atoms with E-state index >= 15 is 0 Å². The number of aromatic nitrogens is 3. The molecule has 0 radical (unpaired) electrons. The number of hydrogen-bond donors (Lipinski definition) is 2. The highest BCUT2D eigenvalue weighted by Crippen LogP contribution is 2.05. The minimum Gasteiger partial charge on any atom is -0.739 e. The first-order chi connectivity index (χ1) is 9.63. The van der Waals surface area contributed by atoms with Gasteiger partial charge in [-0.15, -0.1) is 0 Å². The summed E-state index contributed by atoms with van der Waals surface area (Å²) in [5, 5.41) is 30.4. The molecule has 3 N–H and O–H groups in total. The lowest BCUT2D eigenvalue weighted by Gasteiger charge is -2.14. The second kappa shape index (κ2) is 6.31. The molecule has 2 rings (SSSR count). The zero-order chi connectivity index (χ0) is 14.5. The molecule has 0 amide bonds. The van der Waals surface area contributed by atoms with Crippen LogP contribution in [0.5, 0.6) is 0 Å². The van der Waals surface area contributed by atoms with Crippen LogP contribution in [0.3, 0.4) is 0 Å². The van der Waals surface area contributed by atoms with Crippen LogP contribution in [0, 0.1) is 10.4 Å². The van der Waals surface area contributed by atoms with Gasteiger partial charge in [0.05, 0.1) is 6.54 Å². The molecule has 0 saturated heterocycles. The number of anilines is 1. The Morgan fingerprint density at radius 2 is 1.95 bits per heavy atom. The molecule has 0 atom stereocenters. The highest BCUT2D eigenvalue weighted by molar-refractivity contribution is 5.67. The normalized spacial score (nSPS) is 11.2. The quantitative estimate of drug-likeness (QED) is 0.508.